The molecule has 2 aromatic heterocycles. The standard InChI is InChI=1S/C23H25F2N7O/c1-12-5-26-20-16(12)3-4-19(20)30-21(33)15-7-28-32(9-15)8-14-6-27-22(29-13(14)2)31-10-17-18(11-31)23(17,24)25/h6-7,9,17-19H,3-5,8,10-11H2,1-2H3,(H,30,33)/t17?,18?,19-/m1/s1. The molecule has 2 unspecified atom stereocenters. The van der Waals surface area contributed by atoms with Gasteiger partial charge < -0.3 is 10.2 Å². The van der Waals surface area contributed by atoms with Crippen molar-refractivity contribution in [1.82, 2.24) is 25.1 Å². The number of alkyl halides is 2. The van der Waals surface area contributed by atoms with Gasteiger partial charge >= 0.3 is 0 Å². The lowest BCUT2D eigenvalue weighted by molar-refractivity contribution is 0.0796. The Bertz CT molecular complexity index is 1200. The normalized spacial score (nSPS) is 27.0. The van der Waals surface area contributed by atoms with E-state index in [1.54, 1.807) is 23.3 Å². The van der Waals surface area contributed by atoms with E-state index >= 15 is 0 Å². The molecule has 0 bridgehead atoms. The number of aryl methyl sites for hydroxylation is 1. The van der Waals surface area contributed by atoms with Gasteiger partial charge in [0.15, 0.2) is 0 Å². The molecule has 10 heteroatoms. The first kappa shape index (κ1) is 20.4. The van der Waals surface area contributed by atoms with Crippen molar-refractivity contribution in [3.63, 3.8) is 0 Å². The van der Waals surface area contributed by atoms with Crippen LogP contribution in [0.3, 0.4) is 0 Å². The van der Waals surface area contributed by atoms with Crippen molar-refractivity contribution in [2.45, 2.75) is 45.2 Å². The Morgan fingerprint density at radius 1 is 1.24 bits per heavy atom. The highest BCUT2D eigenvalue weighted by atomic mass is 19.3. The molecule has 172 valence electrons. The number of nitrogens with zero attached hydrogens (tertiary/aromatic N) is 6. The number of fused-ring (bicyclic) bond motifs is 2. The molecule has 1 amide bonds. The molecular formula is C23H25F2N7O. The average Bonchev–Trinajstić information content (AvgIpc) is 3.41. The molecule has 4 aliphatic rings. The molecule has 3 atom stereocenters. The van der Waals surface area contributed by atoms with Crippen LogP contribution in [0.4, 0.5) is 14.7 Å². The molecule has 1 saturated heterocycles. The zero-order valence-electron chi connectivity index (χ0n) is 18.6. The lowest BCUT2D eigenvalue weighted by Crippen LogP contribution is -2.37. The van der Waals surface area contributed by atoms with Crippen LogP contribution in [0.2, 0.25) is 0 Å². The number of piperidine rings is 1. The summed E-state index contributed by atoms with van der Waals surface area (Å²) in [7, 11) is 0. The molecule has 6 rings (SSSR count). The summed E-state index contributed by atoms with van der Waals surface area (Å²) in [4.78, 5) is 28.1. The molecule has 2 aliphatic heterocycles. The number of hydrogen-bond donors (Lipinski definition) is 1. The van der Waals surface area contributed by atoms with Gasteiger partial charge in [-0.15, -0.1) is 0 Å². The first-order valence-corrected chi connectivity index (χ1v) is 11.3. The lowest BCUT2D eigenvalue weighted by Gasteiger charge is -2.20. The summed E-state index contributed by atoms with van der Waals surface area (Å²) in [6, 6.07) is -0.0342. The first-order valence-electron chi connectivity index (χ1n) is 11.3. The summed E-state index contributed by atoms with van der Waals surface area (Å²) in [5.41, 5.74) is 5.76. The van der Waals surface area contributed by atoms with Crippen LogP contribution in [0, 0.1) is 18.8 Å². The number of carbonyl (C=O) groups excluding carboxylic acids is 1. The predicted molar refractivity (Wildman–Crippen MR) is 118 cm³/mol. The highest BCUT2D eigenvalue weighted by Gasteiger charge is 2.72. The molecule has 0 radical (unpaired) electrons. The summed E-state index contributed by atoms with van der Waals surface area (Å²) >= 11 is 0. The maximum absolute atomic E-state index is 13.4. The van der Waals surface area contributed by atoms with E-state index < -0.39 is 17.8 Å². The topological polar surface area (TPSA) is 88.3 Å². The molecular weight excluding hydrogens is 428 g/mol. The lowest BCUT2D eigenvalue weighted by atomic mass is 10.1. The van der Waals surface area contributed by atoms with Gasteiger partial charge in [0.1, 0.15) is 0 Å². The number of aliphatic imine (C=N–C) groups is 1. The molecule has 33 heavy (non-hydrogen) atoms. The van der Waals surface area contributed by atoms with E-state index in [2.05, 4.69) is 32.3 Å². The number of nitrogens with one attached hydrogen (secondary N) is 1. The Hall–Kier alpha value is -3.17. The van der Waals surface area contributed by atoms with Gasteiger partial charge in [0.25, 0.3) is 11.8 Å². The largest absolute Gasteiger partial charge is 0.344 e. The van der Waals surface area contributed by atoms with Crippen molar-refractivity contribution in [3.05, 3.63) is 46.6 Å². The van der Waals surface area contributed by atoms with Crippen molar-refractivity contribution in [2.24, 2.45) is 16.8 Å². The maximum Gasteiger partial charge on any atom is 0.258 e. The van der Waals surface area contributed by atoms with Crippen molar-refractivity contribution in [3.8, 4) is 0 Å². The quantitative estimate of drug-likeness (QED) is 0.751. The van der Waals surface area contributed by atoms with Crippen LogP contribution >= 0.6 is 0 Å². The van der Waals surface area contributed by atoms with Crippen LogP contribution in [0.1, 0.15) is 41.4 Å². The number of halogens is 2. The van der Waals surface area contributed by atoms with Crippen LogP contribution in [-0.2, 0) is 6.54 Å². The number of amides is 1. The van der Waals surface area contributed by atoms with Gasteiger partial charge in [0, 0.05) is 36.7 Å². The third kappa shape index (κ3) is 3.34. The maximum atomic E-state index is 13.4. The molecule has 0 spiro atoms. The Kier molecular flexibility index (Phi) is 4.44. The first-order chi connectivity index (χ1) is 15.8. The summed E-state index contributed by atoms with van der Waals surface area (Å²) in [6.45, 7) is 5.74. The van der Waals surface area contributed by atoms with E-state index in [1.807, 2.05) is 11.8 Å². The fourth-order valence-electron chi connectivity index (χ4n) is 5.28. The highest BCUT2D eigenvalue weighted by molar-refractivity contribution is 6.10. The minimum atomic E-state index is -2.52. The SMILES string of the molecule is CC1=C2CC[C@@H](NC(=O)c3cnn(Cc4cnc(N5CC6C(C5)C6(F)F)nc4C)c3)C2=NC1. The van der Waals surface area contributed by atoms with Crippen LogP contribution < -0.4 is 10.2 Å². The van der Waals surface area contributed by atoms with Crippen LogP contribution in [-0.4, -0.2) is 63.0 Å². The number of aromatic nitrogens is 4. The van der Waals surface area contributed by atoms with Gasteiger partial charge in [-0.25, -0.2) is 18.7 Å². The molecule has 2 aromatic rings. The second kappa shape index (κ2) is 7.16. The van der Waals surface area contributed by atoms with Crippen LogP contribution in [0.25, 0.3) is 0 Å². The number of anilines is 1. The second-order valence-corrected chi connectivity index (χ2v) is 9.52. The molecule has 2 saturated carbocycles. The smallest absolute Gasteiger partial charge is 0.258 e. The molecule has 8 nitrogen and oxygen atoms in total. The molecule has 3 fully saturated rings. The highest BCUT2D eigenvalue weighted by Crippen LogP contribution is 2.59. The average molecular weight is 453 g/mol. The zero-order chi connectivity index (χ0) is 22.9. The monoisotopic (exact) mass is 453 g/mol. The summed E-state index contributed by atoms with van der Waals surface area (Å²) in [6.07, 6.45) is 6.83. The van der Waals surface area contributed by atoms with Gasteiger partial charge in [-0.3, -0.25) is 14.5 Å². The minimum absolute atomic E-state index is 0.0342. The fourth-order valence-corrected chi connectivity index (χ4v) is 5.28. The third-order valence-electron chi connectivity index (χ3n) is 7.41. The number of carbonyl (C=O) groups is 1. The Morgan fingerprint density at radius 2 is 2.03 bits per heavy atom. The van der Waals surface area contributed by atoms with Gasteiger partial charge in [-0.2, -0.15) is 5.10 Å². The number of hydrogen-bond acceptors (Lipinski definition) is 6. The minimum Gasteiger partial charge on any atom is -0.344 e. The summed E-state index contributed by atoms with van der Waals surface area (Å²) in [5, 5.41) is 7.41. The van der Waals surface area contributed by atoms with E-state index in [-0.39, 0.29) is 11.9 Å². The van der Waals surface area contributed by atoms with Crippen LogP contribution in [0.15, 0.2) is 34.7 Å². The Labute approximate surface area is 189 Å². The van der Waals surface area contributed by atoms with Gasteiger partial charge in [-0.05, 0) is 37.8 Å². The van der Waals surface area contributed by atoms with Crippen LogP contribution in [0.5, 0.6) is 0 Å². The van der Waals surface area contributed by atoms with E-state index in [0.717, 1.165) is 36.4 Å². The van der Waals surface area contributed by atoms with Gasteiger partial charge in [0.2, 0.25) is 5.95 Å². The fraction of sp³-hybridized carbons (Fsp3) is 0.522. The van der Waals surface area contributed by atoms with E-state index in [9.17, 15) is 13.6 Å². The summed E-state index contributed by atoms with van der Waals surface area (Å²) in [5.74, 6) is -3.31. The molecule has 4 heterocycles. The molecule has 0 aromatic carbocycles. The van der Waals surface area contributed by atoms with Crippen molar-refractivity contribution < 1.29 is 13.6 Å². The van der Waals surface area contributed by atoms with Gasteiger partial charge in [0.05, 0.1) is 48.4 Å². The number of rotatable bonds is 5. The van der Waals surface area contributed by atoms with Crippen molar-refractivity contribution >= 4 is 17.6 Å². The van der Waals surface area contributed by atoms with Gasteiger partial charge in [-0.1, -0.05) is 0 Å². The van der Waals surface area contributed by atoms with Crippen molar-refractivity contribution in [2.75, 3.05) is 24.5 Å². The van der Waals surface area contributed by atoms with E-state index in [1.165, 1.54) is 11.1 Å². The third-order valence-corrected chi connectivity index (χ3v) is 7.41. The second-order valence-electron chi connectivity index (χ2n) is 9.52. The summed E-state index contributed by atoms with van der Waals surface area (Å²) < 4.78 is 28.6. The Morgan fingerprint density at radius 3 is 2.79 bits per heavy atom. The van der Waals surface area contributed by atoms with Crippen molar-refractivity contribution in [1.29, 1.82) is 0 Å². The molecule has 1 N–H and O–H groups in total. The zero-order valence-corrected chi connectivity index (χ0v) is 18.6. The Balaban J connectivity index is 1.09. The predicted octanol–water partition coefficient (Wildman–Crippen LogP) is 2.39. The van der Waals surface area contributed by atoms with E-state index in [0.29, 0.717) is 31.1 Å². The van der Waals surface area contributed by atoms with E-state index in [4.69, 9.17) is 0 Å². The molecule has 2 aliphatic carbocycles.